The first kappa shape index (κ1) is 14.8. The molecule has 5 nitrogen and oxygen atoms in total. The number of amides is 1. The molecule has 110 valence electrons. The van der Waals surface area contributed by atoms with E-state index in [4.69, 9.17) is 4.74 Å². The largest absolute Gasteiger partial charge is 0.451 e. The zero-order valence-electron chi connectivity index (χ0n) is 12.3. The van der Waals surface area contributed by atoms with E-state index in [0.717, 1.165) is 11.1 Å². The molecule has 0 spiro atoms. The van der Waals surface area contributed by atoms with Crippen LogP contribution < -0.4 is 5.32 Å². The van der Waals surface area contributed by atoms with Crippen molar-refractivity contribution in [2.24, 2.45) is 7.05 Å². The van der Waals surface area contributed by atoms with Crippen LogP contribution in [0.25, 0.3) is 0 Å². The van der Waals surface area contributed by atoms with E-state index < -0.39 is 5.97 Å². The summed E-state index contributed by atoms with van der Waals surface area (Å²) in [4.78, 5) is 23.6. The van der Waals surface area contributed by atoms with Gasteiger partial charge in [0.05, 0.1) is 0 Å². The molecule has 0 aliphatic heterocycles. The van der Waals surface area contributed by atoms with Crippen LogP contribution >= 0.6 is 0 Å². The lowest BCUT2D eigenvalue weighted by molar-refractivity contribution is -0.119. The van der Waals surface area contributed by atoms with Crippen LogP contribution in [0.5, 0.6) is 0 Å². The summed E-state index contributed by atoms with van der Waals surface area (Å²) < 4.78 is 6.63. The topological polar surface area (TPSA) is 60.3 Å². The Hall–Kier alpha value is -2.56. The lowest BCUT2D eigenvalue weighted by atomic mass is 10.1. The lowest BCUT2D eigenvalue weighted by Crippen LogP contribution is -2.21. The van der Waals surface area contributed by atoms with E-state index >= 15 is 0 Å². The second-order valence-electron chi connectivity index (χ2n) is 5.01. The van der Waals surface area contributed by atoms with Gasteiger partial charge in [0.15, 0.2) is 6.61 Å². The summed E-state index contributed by atoms with van der Waals surface area (Å²) in [5.41, 5.74) is 3.24. The van der Waals surface area contributed by atoms with E-state index in [9.17, 15) is 9.59 Å². The van der Waals surface area contributed by atoms with Gasteiger partial charge in [0.25, 0.3) is 5.91 Å². The Morgan fingerprint density at radius 1 is 1.19 bits per heavy atom. The first-order valence-electron chi connectivity index (χ1n) is 6.62. The van der Waals surface area contributed by atoms with Gasteiger partial charge in [0.2, 0.25) is 0 Å². The molecule has 0 saturated heterocycles. The van der Waals surface area contributed by atoms with Crippen LogP contribution in [0.4, 0.5) is 5.69 Å². The maximum Gasteiger partial charge on any atom is 0.355 e. The highest BCUT2D eigenvalue weighted by Crippen LogP contribution is 2.13. The van der Waals surface area contributed by atoms with E-state index in [2.05, 4.69) is 5.32 Å². The smallest absolute Gasteiger partial charge is 0.355 e. The monoisotopic (exact) mass is 286 g/mol. The molecular weight excluding hydrogens is 268 g/mol. The molecule has 0 bridgehead atoms. The fourth-order valence-corrected chi connectivity index (χ4v) is 2.12. The van der Waals surface area contributed by atoms with E-state index in [1.165, 1.54) is 0 Å². The Labute approximate surface area is 123 Å². The van der Waals surface area contributed by atoms with Gasteiger partial charge in [0.1, 0.15) is 5.69 Å². The van der Waals surface area contributed by atoms with E-state index in [-0.39, 0.29) is 12.5 Å². The first-order valence-corrected chi connectivity index (χ1v) is 6.62. The number of esters is 1. The number of carbonyl (C=O) groups is 2. The summed E-state index contributed by atoms with van der Waals surface area (Å²) >= 11 is 0. The highest BCUT2D eigenvalue weighted by atomic mass is 16.5. The Bertz CT molecular complexity index is 654. The van der Waals surface area contributed by atoms with Gasteiger partial charge in [-0.15, -0.1) is 0 Å². The zero-order valence-corrected chi connectivity index (χ0v) is 12.3. The Morgan fingerprint density at radius 3 is 2.43 bits per heavy atom. The predicted molar refractivity (Wildman–Crippen MR) is 80.2 cm³/mol. The maximum atomic E-state index is 11.8. The third-order valence-corrected chi connectivity index (χ3v) is 2.99. The van der Waals surface area contributed by atoms with Crippen LogP contribution in [0.2, 0.25) is 0 Å². The Morgan fingerprint density at radius 2 is 1.86 bits per heavy atom. The molecule has 0 aliphatic rings. The molecule has 1 heterocycles. The molecule has 21 heavy (non-hydrogen) atoms. The van der Waals surface area contributed by atoms with Crippen LogP contribution in [0, 0.1) is 13.8 Å². The van der Waals surface area contributed by atoms with Gasteiger partial charge in [0, 0.05) is 18.9 Å². The highest BCUT2D eigenvalue weighted by molar-refractivity contribution is 5.95. The third-order valence-electron chi connectivity index (χ3n) is 2.99. The number of aryl methyl sites for hydroxylation is 3. The minimum absolute atomic E-state index is 0.309. The number of benzene rings is 1. The van der Waals surface area contributed by atoms with Crippen molar-refractivity contribution in [3.63, 3.8) is 0 Å². The summed E-state index contributed by atoms with van der Waals surface area (Å²) in [6.45, 7) is 3.60. The van der Waals surface area contributed by atoms with Crippen molar-refractivity contribution in [2.75, 3.05) is 11.9 Å². The predicted octanol–water partition coefficient (Wildman–Crippen LogP) is 2.44. The van der Waals surface area contributed by atoms with Crippen molar-refractivity contribution in [2.45, 2.75) is 13.8 Å². The van der Waals surface area contributed by atoms with Crippen molar-refractivity contribution in [3.05, 3.63) is 53.3 Å². The molecule has 2 aromatic rings. The summed E-state index contributed by atoms with van der Waals surface area (Å²) in [7, 11) is 1.74. The molecule has 1 aromatic heterocycles. The normalized spacial score (nSPS) is 10.2. The quantitative estimate of drug-likeness (QED) is 0.878. The van der Waals surface area contributed by atoms with Gasteiger partial charge in [-0.25, -0.2) is 4.79 Å². The second kappa shape index (κ2) is 6.26. The number of hydrogen-bond acceptors (Lipinski definition) is 3. The lowest BCUT2D eigenvalue weighted by Gasteiger charge is -2.08. The van der Waals surface area contributed by atoms with Crippen LogP contribution in [0.3, 0.4) is 0 Å². The molecule has 5 heteroatoms. The van der Waals surface area contributed by atoms with Gasteiger partial charge in [-0.3, -0.25) is 4.79 Å². The number of rotatable bonds is 4. The standard InChI is InChI=1S/C16H18N2O3/c1-11-7-12(2)9-13(8-11)17-15(19)10-21-16(20)14-5-4-6-18(14)3/h4-9H,10H2,1-3H3,(H,17,19). The van der Waals surface area contributed by atoms with E-state index in [0.29, 0.717) is 11.4 Å². The summed E-state index contributed by atoms with van der Waals surface area (Å²) in [6, 6.07) is 9.13. The van der Waals surface area contributed by atoms with E-state index in [1.807, 2.05) is 32.0 Å². The van der Waals surface area contributed by atoms with Crippen LogP contribution in [-0.4, -0.2) is 23.1 Å². The van der Waals surface area contributed by atoms with Gasteiger partial charge >= 0.3 is 5.97 Å². The molecule has 0 saturated carbocycles. The third kappa shape index (κ3) is 3.95. The SMILES string of the molecule is Cc1cc(C)cc(NC(=O)COC(=O)c2cccn2C)c1. The van der Waals surface area contributed by atoms with Gasteiger partial charge in [-0.1, -0.05) is 6.07 Å². The molecule has 0 aliphatic carbocycles. The summed E-state index contributed by atoms with van der Waals surface area (Å²) in [6.07, 6.45) is 1.74. The first-order chi connectivity index (χ1) is 9.95. The molecule has 1 amide bonds. The van der Waals surface area contributed by atoms with Crippen LogP contribution in [0.15, 0.2) is 36.5 Å². The van der Waals surface area contributed by atoms with Crippen LogP contribution in [-0.2, 0) is 16.6 Å². The number of ether oxygens (including phenoxy) is 1. The number of nitrogens with zero attached hydrogens (tertiary/aromatic N) is 1. The molecular formula is C16H18N2O3. The fraction of sp³-hybridized carbons (Fsp3) is 0.250. The molecule has 1 aromatic carbocycles. The number of anilines is 1. The molecule has 0 fully saturated rings. The minimum atomic E-state index is -0.516. The molecule has 0 atom stereocenters. The van der Waals surface area contributed by atoms with Gasteiger partial charge in [-0.05, 0) is 49.2 Å². The number of aromatic nitrogens is 1. The average molecular weight is 286 g/mol. The van der Waals surface area contributed by atoms with Crippen molar-refractivity contribution >= 4 is 17.6 Å². The van der Waals surface area contributed by atoms with E-state index in [1.54, 1.807) is 29.9 Å². The van der Waals surface area contributed by atoms with Crippen molar-refractivity contribution in [1.29, 1.82) is 0 Å². The number of nitrogens with one attached hydrogen (secondary N) is 1. The zero-order chi connectivity index (χ0) is 15.4. The molecule has 2 rings (SSSR count). The highest BCUT2D eigenvalue weighted by Gasteiger charge is 2.12. The molecule has 1 N–H and O–H groups in total. The van der Waals surface area contributed by atoms with Gasteiger partial charge < -0.3 is 14.6 Å². The molecule has 0 unspecified atom stereocenters. The number of carbonyl (C=O) groups excluding carboxylic acids is 2. The van der Waals surface area contributed by atoms with Crippen molar-refractivity contribution < 1.29 is 14.3 Å². The van der Waals surface area contributed by atoms with Crippen molar-refractivity contribution in [3.8, 4) is 0 Å². The van der Waals surface area contributed by atoms with Crippen molar-refractivity contribution in [1.82, 2.24) is 4.57 Å². The Kier molecular flexibility index (Phi) is 4.42. The van der Waals surface area contributed by atoms with Crippen LogP contribution in [0.1, 0.15) is 21.6 Å². The fourth-order valence-electron chi connectivity index (χ4n) is 2.12. The minimum Gasteiger partial charge on any atom is -0.451 e. The Balaban J connectivity index is 1.90. The summed E-state index contributed by atoms with van der Waals surface area (Å²) in [5.74, 6) is -0.874. The second-order valence-corrected chi connectivity index (χ2v) is 5.01. The number of hydrogen-bond donors (Lipinski definition) is 1. The average Bonchev–Trinajstić information content (AvgIpc) is 2.81. The maximum absolute atomic E-state index is 11.8. The van der Waals surface area contributed by atoms with Gasteiger partial charge in [-0.2, -0.15) is 0 Å². The summed E-state index contributed by atoms with van der Waals surface area (Å²) in [5, 5.41) is 2.72. The molecule has 0 radical (unpaired) electrons.